The smallest absolute Gasteiger partial charge is 0.475 e. The summed E-state index contributed by atoms with van der Waals surface area (Å²) >= 11 is 0. The number of hydrogen-bond donors (Lipinski definition) is 3. The normalized spacial score (nSPS) is 10.7. The van der Waals surface area contributed by atoms with E-state index in [-0.39, 0.29) is 37.7 Å². The van der Waals surface area contributed by atoms with Gasteiger partial charge in [-0.3, -0.25) is 14.4 Å². The van der Waals surface area contributed by atoms with Crippen LogP contribution < -0.4 is 20.7 Å². The van der Waals surface area contributed by atoms with E-state index in [0.29, 0.717) is 34.9 Å². The number of nitrogens with two attached hydrogens (primary N) is 1. The maximum absolute atomic E-state index is 14.0. The van der Waals surface area contributed by atoms with Gasteiger partial charge >= 0.3 is 12.1 Å². The first-order valence-electron chi connectivity index (χ1n) is 16.2. The Balaban J connectivity index is 0.000000815. The monoisotopic (exact) mass is 729 g/mol. The summed E-state index contributed by atoms with van der Waals surface area (Å²) in [4.78, 5) is 48.3. The number of nitrogens with zero attached hydrogens (tertiary/aromatic N) is 1. The van der Waals surface area contributed by atoms with Crippen LogP contribution in [0.2, 0.25) is 0 Å². The number of carbonyl (C=O) groups excluding carboxylic acids is 3. The highest BCUT2D eigenvalue weighted by atomic mass is 19.4. The van der Waals surface area contributed by atoms with Crippen LogP contribution in [0.1, 0.15) is 39.9 Å². The number of nitrogens with one attached hydrogen (secondary N) is 1. The Bertz CT molecular complexity index is 2040. The fourth-order valence-corrected chi connectivity index (χ4v) is 4.99. The van der Waals surface area contributed by atoms with Crippen LogP contribution in [0.25, 0.3) is 11.1 Å². The van der Waals surface area contributed by atoms with Crippen molar-refractivity contribution in [2.24, 2.45) is 5.73 Å². The van der Waals surface area contributed by atoms with Crippen molar-refractivity contribution in [3.8, 4) is 22.6 Å². The number of alkyl halides is 3. The summed E-state index contributed by atoms with van der Waals surface area (Å²) < 4.78 is 52.0. The van der Waals surface area contributed by atoms with E-state index in [4.69, 9.17) is 20.4 Å². The molecule has 0 heterocycles. The second-order valence-electron chi connectivity index (χ2n) is 11.5. The van der Waals surface area contributed by atoms with E-state index in [0.717, 1.165) is 28.5 Å². The lowest BCUT2D eigenvalue weighted by molar-refractivity contribution is -0.192. The molecule has 0 spiro atoms. The molecular formula is C40H35F4N3O6. The topological polar surface area (TPSA) is 139 Å². The molecule has 274 valence electrons. The quantitative estimate of drug-likeness (QED) is 0.0830. The second kappa shape index (κ2) is 18.8. The zero-order valence-electron chi connectivity index (χ0n) is 28.2. The van der Waals surface area contributed by atoms with E-state index in [1.54, 1.807) is 41.3 Å². The predicted octanol–water partition coefficient (Wildman–Crippen LogP) is 7.82. The van der Waals surface area contributed by atoms with Crippen LogP contribution in [0.15, 0.2) is 121 Å². The molecule has 5 rings (SSSR count). The molecular weight excluding hydrogens is 694 g/mol. The largest absolute Gasteiger partial charge is 0.490 e. The number of carbonyl (C=O) groups is 4. The predicted molar refractivity (Wildman–Crippen MR) is 190 cm³/mol. The van der Waals surface area contributed by atoms with Gasteiger partial charge in [0.25, 0.3) is 0 Å². The standard InChI is InChI=1S/C38H34FN3O4.C2HF3O2/c39-34-12-2-1-9-32(34)24-41-37(44)19-20-38(45)42(25-27-15-17-30(18-16-27)31-10-5-8-29(21-31)26-43)35-13-3-4-14-36(35)46-33-11-6-7-28(22-33)23-40;3-2(4,5)1(6)7/h1-18,21-22,26H,19-20,23-25,40H2,(H,41,44);(H,6,7). The number of amides is 2. The molecule has 0 radical (unpaired) electrons. The summed E-state index contributed by atoms with van der Waals surface area (Å²) in [6, 6.07) is 36.0. The van der Waals surface area contributed by atoms with Crippen LogP contribution in [-0.2, 0) is 34.0 Å². The molecule has 0 aromatic heterocycles. The number of carboxylic acid groups (broad SMARTS) is 1. The van der Waals surface area contributed by atoms with Gasteiger partial charge in [0.1, 0.15) is 17.9 Å². The lowest BCUT2D eigenvalue weighted by Gasteiger charge is -2.25. The summed E-state index contributed by atoms with van der Waals surface area (Å²) in [5.41, 5.74) is 10.9. The van der Waals surface area contributed by atoms with Crippen molar-refractivity contribution in [1.82, 2.24) is 5.32 Å². The number of anilines is 1. The van der Waals surface area contributed by atoms with E-state index >= 15 is 0 Å². The van der Waals surface area contributed by atoms with Crippen LogP contribution in [0.5, 0.6) is 11.5 Å². The van der Waals surface area contributed by atoms with Gasteiger partial charge in [-0.2, -0.15) is 13.2 Å². The molecule has 13 heteroatoms. The molecule has 0 atom stereocenters. The average Bonchev–Trinajstić information content (AvgIpc) is 3.16. The molecule has 53 heavy (non-hydrogen) atoms. The van der Waals surface area contributed by atoms with Crippen molar-refractivity contribution in [1.29, 1.82) is 0 Å². The van der Waals surface area contributed by atoms with Gasteiger partial charge in [0.2, 0.25) is 11.8 Å². The zero-order chi connectivity index (χ0) is 38.4. The van der Waals surface area contributed by atoms with Gasteiger partial charge in [-0.1, -0.05) is 84.9 Å². The zero-order valence-corrected chi connectivity index (χ0v) is 28.2. The number of para-hydroxylation sites is 2. The number of carboxylic acids is 1. The molecule has 2 amide bonds. The van der Waals surface area contributed by atoms with E-state index in [1.165, 1.54) is 6.07 Å². The van der Waals surface area contributed by atoms with Gasteiger partial charge < -0.3 is 25.8 Å². The molecule has 0 aliphatic rings. The Kier molecular flexibility index (Phi) is 14.0. The van der Waals surface area contributed by atoms with E-state index < -0.39 is 18.0 Å². The van der Waals surface area contributed by atoms with Crippen molar-refractivity contribution in [3.63, 3.8) is 0 Å². The molecule has 9 nitrogen and oxygen atoms in total. The fraction of sp³-hybridized carbons (Fsp3) is 0.150. The van der Waals surface area contributed by atoms with Crippen LogP contribution in [0.4, 0.5) is 23.2 Å². The van der Waals surface area contributed by atoms with Crippen LogP contribution in [-0.4, -0.2) is 35.4 Å². The van der Waals surface area contributed by atoms with Gasteiger partial charge in [0.15, 0.2) is 5.75 Å². The third-order valence-electron chi connectivity index (χ3n) is 7.71. The van der Waals surface area contributed by atoms with Crippen molar-refractivity contribution in [2.45, 2.75) is 38.7 Å². The van der Waals surface area contributed by atoms with Gasteiger partial charge in [-0.15, -0.1) is 0 Å². The lowest BCUT2D eigenvalue weighted by Crippen LogP contribution is -2.32. The lowest BCUT2D eigenvalue weighted by atomic mass is 10.0. The molecule has 0 fully saturated rings. The van der Waals surface area contributed by atoms with Gasteiger partial charge in [-0.25, -0.2) is 9.18 Å². The maximum atomic E-state index is 14.0. The molecule has 0 aliphatic heterocycles. The highest BCUT2D eigenvalue weighted by Gasteiger charge is 2.38. The third kappa shape index (κ3) is 11.9. The number of ether oxygens (including phenoxy) is 1. The first-order valence-corrected chi connectivity index (χ1v) is 16.2. The summed E-state index contributed by atoms with van der Waals surface area (Å²) in [6.45, 7) is 0.607. The Morgan fingerprint density at radius 2 is 1.47 bits per heavy atom. The number of halogens is 4. The van der Waals surface area contributed by atoms with Gasteiger partial charge in [0, 0.05) is 37.1 Å². The summed E-state index contributed by atoms with van der Waals surface area (Å²) in [7, 11) is 0. The molecule has 0 bridgehead atoms. The van der Waals surface area contributed by atoms with Crippen LogP contribution >= 0.6 is 0 Å². The average molecular weight is 730 g/mol. The molecule has 5 aromatic rings. The summed E-state index contributed by atoms with van der Waals surface area (Å²) in [5.74, 6) is -2.75. The Morgan fingerprint density at radius 3 is 2.15 bits per heavy atom. The number of benzene rings is 5. The second-order valence-corrected chi connectivity index (χ2v) is 11.5. The Hall–Kier alpha value is -6.34. The highest BCUT2D eigenvalue weighted by molar-refractivity contribution is 5.96. The molecule has 0 saturated carbocycles. The number of hydrogen-bond acceptors (Lipinski definition) is 6. The van der Waals surface area contributed by atoms with E-state index in [2.05, 4.69) is 5.32 Å². The number of aldehydes is 1. The van der Waals surface area contributed by atoms with E-state index in [1.807, 2.05) is 78.9 Å². The van der Waals surface area contributed by atoms with Crippen molar-refractivity contribution in [2.75, 3.05) is 4.90 Å². The summed E-state index contributed by atoms with van der Waals surface area (Å²) in [5, 5.41) is 9.83. The minimum atomic E-state index is -5.08. The highest BCUT2D eigenvalue weighted by Crippen LogP contribution is 2.34. The minimum Gasteiger partial charge on any atom is -0.475 e. The molecule has 0 aliphatic carbocycles. The Labute approximate surface area is 302 Å². The SMILES string of the molecule is NCc1cccc(Oc2ccccc2N(Cc2ccc(-c3cccc(C=O)c3)cc2)C(=O)CCC(=O)NCc2ccccc2F)c1.O=C(O)C(F)(F)F. The number of aliphatic carboxylic acids is 1. The first-order chi connectivity index (χ1) is 25.4. The van der Waals surface area contributed by atoms with Crippen molar-refractivity contribution < 1.29 is 46.6 Å². The molecule has 0 unspecified atom stereocenters. The molecule has 4 N–H and O–H groups in total. The minimum absolute atomic E-state index is 0.0318. The van der Waals surface area contributed by atoms with E-state index in [9.17, 15) is 31.9 Å². The molecule has 0 saturated heterocycles. The van der Waals surface area contributed by atoms with Gasteiger partial charge in [0.05, 0.1) is 12.2 Å². The summed E-state index contributed by atoms with van der Waals surface area (Å²) in [6.07, 6.45) is -4.42. The first kappa shape index (κ1) is 39.4. The van der Waals surface area contributed by atoms with Crippen LogP contribution in [0.3, 0.4) is 0 Å². The maximum Gasteiger partial charge on any atom is 0.490 e. The van der Waals surface area contributed by atoms with Gasteiger partial charge in [-0.05, 0) is 58.7 Å². The number of rotatable bonds is 13. The van der Waals surface area contributed by atoms with Crippen LogP contribution in [0, 0.1) is 5.82 Å². The van der Waals surface area contributed by atoms with Crippen molar-refractivity contribution >= 4 is 29.8 Å². The third-order valence-corrected chi connectivity index (χ3v) is 7.71. The fourth-order valence-electron chi connectivity index (χ4n) is 4.99. The Morgan fingerprint density at radius 1 is 0.792 bits per heavy atom. The van der Waals surface area contributed by atoms with Crippen molar-refractivity contribution in [3.05, 3.63) is 149 Å². The molecule has 5 aromatic carbocycles.